The molecule has 0 spiro atoms. The van der Waals surface area contributed by atoms with E-state index in [1.165, 1.54) is 0 Å². The number of anilines is 2. The minimum absolute atomic E-state index is 0.0401. The Morgan fingerprint density at radius 2 is 2.15 bits per heavy atom. The highest BCUT2D eigenvalue weighted by atomic mass is 16.5. The molecule has 1 unspecified atom stereocenters. The molecule has 112 valence electrons. The summed E-state index contributed by atoms with van der Waals surface area (Å²) in [7, 11) is 0. The number of rotatable bonds is 5. The zero-order valence-corrected chi connectivity index (χ0v) is 12.0. The third-order valence-corrected chi connectivity index (χ3v) is 3.40. The van der Waals surface area contributed by atoms with Gasteiger partial charge in [-0.3, -0.25) is 0 Å². The van der Waals surface area contributed by atoms with E-state index in [1.54, 1.807) is 0 Å². The van der Waals surface area contributed by atoms with Gasteiger partial charge in [0.05, 0.1) is 19.3 Å². The molecule has 0 aliphatic carbocycles. The lowest BCUT2D eigenvalue weighted by atomic mass is 10.1. The summed E-state index contributed by atoms with van der Waals surface area (Å²) in [6.07, 6.45) is 5.15. The minimum atomic E-state index is 0.0401. The average Bonchev–Trinajstić information content (AvgIpc) is 2.69. The number of hydrogen-bond acceptors (Lipinski definition) is 7. The van der Waals surface area contributed by atoms with Crippen LogP contribution in [0.25, 0.3) is 0 Å². The van der Waals surface area contributed by atoms with Crippen LogP contribution in [-0.4, -0.2) is 45.9 Å². The van der Waals surface area contributed by atoms with E-state index < -0.39 is 0 Å². The highest BCUT2D eigenvalue weighted by molar-refractivity contribution is 5.37. The SMILES string of the molecule is CCCOc1nc(N)nc(N2CCCCCC2CO)n1. The van der Waals surface area contributed by atoms with Crippen LogP contribution in [0.15, 0.2) is 0 Å². The smallest absolute Gasteiger partial charge is 0.323 e. The number of hydrogen-bond donors (Lipinski definition) is 2. The molecule has 20 heavy (non-hydrogen) atoms. The van der Waals surface area contributed by atoms with E-state index in [2.05, 4.69) is 15.0 Å². The predicted molar refractivity (Wildman–Crippen MR) is 76.7 cm³/mol. The van der Waals surface area contributed by atoms with Crippen molar-refractivity contribution in [1.82, 2.24) is 15.0 Å². The van der Waals surface area contributed by atoms with Crippen molar-refractivity contribution in [2.24, 2.45) is 0 Å². The number of nitrogens with zero attached hydrogens (tertiary/aromatic N) is 4. The first-order valence-electron chi connectivity index (χ1n) is 7.26. The minimum Gasteiger partial charge on any atom is -0.463 e. The molecule has 7 heteroatoms. The van der Waals surface area contributed by atoms with Gasteiger partial charge in [0.1, 0.15) is 0 Å². The van der Waals surface area contributed by atoms with Gasteiger partial charge in [-0.15, -0.1) is 0 Å². The Bertz CT molecular complexity index is 429. The fourth-order valence-corrected chi connectivity index (χ4v) is 2.38. The number of aliphatic hydroxyl groups is 1. The molecule has 1 aliphatic rings. The first-order valence-corrected chi connectivity index (χ1v) is 7.26. The molecule has 2 rings (SSSR count). The molecule has 1 aromatic heterocycles. The molecule has 0 saturated carbocycles. The fraction of sp³-hybridized carbons (Fsp3) is 0.769. The largest absolute Gasteiger partial charge is 0.463 e. The van der Waals surface area contributed by atoms with Crippen molar-refractivity contribution in [2.45, 2.75) is 45.1 Å². The van der Waals surface area contributed by atoms with Gasteiger partial charge in [-0.1, -0.05) is 19.8 Å². The van der Waals surface area contributed by atoms with E-state index in [9.17, 15) is 5.11 Å². The van der Waals surface area contributed by atoms with E-state index in [-0.39, 0.29) is 24.6 Å². The highest BCUT2D eigenvalue weighted by Crippen LogP contribution is 2.22. The lowest BCUT2D eigenvalue weighted by molar-refractivity contribution is 0.253. The van der Waals surface area contributed by atoms with Gasteiger partial charge in [0.25, 0.3) is 0 Å². The second-order valence-electron chi connectivity index (χ2n) is 5.00. The zero-order valence-electron chi connectivity index (χ0n) is 12.0. The monoisotopic (exact) mass is 281 g/mol. The van der Waals surface area contributed by atoms with E-state index in [4.69, 9.17) is 10.5 Å². The number of aliphatic hydroxyl groups excluding tert-OH is 1. The van der Waals surface area contributed by atoms with Crippen LogP contribution in [0.4, 0.5) is 11.9 Å². The number of nitrogen functional groups attached to an aromatic ring is 1. The lowest BCUT2D eigenvalue weighted by Gasteiger charge is -2.28. The molecule has 0 aromatic carbocycles. The number of aromatic nitrogens is 3. The Balaban J connectivity index is 2.22. The standard InChI is InChI=1S/C13H23N5O2/c1-2-8-20-13-16-11(14)15-12(17-13)18-7-5-3-4-6-10(18)9-19/h10,19H,2-9H2,1H3,(H2,14,15,16,17). The van der Waals surface area contributed by atoms with Gasteiger partial charge in [0.2, 0.25) is 11.9 Å². The first kappa shape index (κ1) is 14.8. The quantitative estimate of drug-likeness (QED) is 0.830. The molecule has 1 atom stereocenters. The molecule has 0 bridgehead atoms. The van der Waals surface area contributed by atoms with Crippen LogP contribution in [0.2, 0.25) is 0 Å². The van der Waals surface area contributed by atoms with Crippen LogP contribution in [0.3, 0.4) is 0 Å². The maximum atomic E-state index is 9.55. The van der Waals surface area contributed by atoms with Gasteiger partial charge >= 0.3 is 6.01 Å². The van der Waals surface area contributed by atoms with Crippen molar-refractivity contribution in [3.63, 3.8) is 0 Å². The normalized spacial score (nSPS) is 19.7. The van der Waals surface area contributed by atoms with Crippen LogP contribution >= 0.6 is 0 Å². The van der Waals surface area contributed by atoms with Crippen molar-refractivity contribution < 1.29 is 9.84 Å². The van der Waals surface area contributed by atoms with Gasteiger partial charge in [-0.25, -0.2) is 0 Å². The van der Waals surface area contributed by atoms with Crippen molar-refractivity contribution in [3.8, 4) is 6.01 Å². The maximum absolute atomic E-state index is 9.55. The summed E-state index contributed by atoms with van der Waals surface area (Å²) in [5.41, 5.74) is 5.73. The second-order valence-corrected chi connectivity index (χ2v) is 5.00. The molecule has 1 saturated heterocycles. The summed E-state index contributed by atoms with van der Waals surface area (Å²) < 4.78 is 5.44. The lowest BCUT2D eigenvalue weighted by Crippen LogP contribution is -2.39. The summed E-state index contributed by atoms with van der Waals surface area (Å²) in [6.45, 7) is 3.48. The summed E-state index contributed by atoms with van der Waals surface area (Å²) in [5, 5.41) is 9.55. The molecular formula is C13H23N5O2. The predicted octanol–water partition coefficient (Wildman–Crippen LogP) is 0.984. The van der Waals surface area contributed by atoms with E-state index >= 15 is 0 Å². The third-order valence-electron chi connectivity index (χ3n) is 3.40. The number of ether oxygens (including phenoxy) is 1. The number of nitrogens with two attached hydrogens (primary N) is 1. The zero-order chi connectivity index (χ0) is 14.4. The second kappa shape index (κ2) is 7.23. The van der Waals surface area contributed by atoms with Crippen LogP contribution < -0.4 is 15.4 Å². The van der Waals surface area contributed by atoms with Crippen LogP contribution in [0, 0.1) is 0 Å². The molecule has 0 radical (unpaired) electrons. The van der Waals surface area contributed by atoms with Gasteiger partial charge < -0.3 is 20.5 Å². The fourth-order valence-electron chi connectivity index (χ4n) is 2.38. The first-order chi connectivity index (χ1) is 9.74. The van der Waals surface area contributed by atoms with Gasteiger partial charge in [0, 0.05) is 6.54 Å². The molecule has 1 aliphatic heterocycles. The van der Waals surface area contributed by atoms with Crippen LogP contribution in [0.1, 0.15) is 39.0 Å². The molecule has 1 aromatic rings. The molecule has 0 amide bonds. The summed E-state index contributed by atoms with van der Waals surface area (Å²) in [6, 6.07) is 0.300. The van der Waals surface area contributed by atoms with Gasteiger partial charge in [-0.05, 0) is 19.3 Å². The Hall–Kier alpha value is -1.63. The van der Waals surface area contributed by atoms with Crippen LogP contribution in [-0.2, 0) is 0 Å². The maximum Gasteiger partial charge on any atom is 0.323 e. The third kappa shape index (κ3) is 3.69. The topological polar surface area (TPSA) is 97.4 Å². The average molecular weight is 281 g/mol. The Labute approximate surface area is 119 Å². The van der Waals surface area contributed by atoms with Crippen molar-refractivity contribution >= 4 is 11.9 Å². The van der Waals surface area contributed by atoms with Gasteiger partial charge in [-0.2, -0.15) is 15.0 Å². The van der Waals surface area contributed by atoms with Crippen molar-refractivity contribution in [1.29, 1.82) is 0 Å². The molecule has 7 nitrogen and oxygen atoms in total. The van der Waals surface area contributed by atoms with Crippen molar-refractivity contribution in [2.75, 3.05) is 30.4 Å². The molecule has 2 heterocycles. The Morgan fingerprint density at radius 3 is 2.90 bits per heavy atom. The molecule has 1 fully saturated rings. The Kier molecular flexibility index (Phi) is 5.34. The Morgan fingerprint density at radius 1 is 1.30 bits per heavy atom. The molecule has 3 N–H and O–H groups in total. The van der Waals surface area contributed by atoms with E-state index in [1.807, 2.05) is 11.8 Å². The van der Waals surface area contributed by atoms with Crippen molar-refractivity contribution in [3.05, 3.63) is 0 Å². The molecular weight excluding hydrogens is 258 g/mol. The van der Waals surface area contributed by atoms with E-state index in [0.717, 1.165) is 38.6 Å². The van der Waals surface area contributed by atoms with Crippen LogP contribution in [0.5, 0.6) is 6.01 Å². The van der Waals surface area contributed by atoms with Gasteiger partial charge in [0.15, 0.2) is 0 Å². The highest BCUT2D eigenvalue weighted by Gasteiger charge is 2.23. The van der Waals surface area contributed by atoms with E-state index in [0.29, 0.717) is 12.6 Å². The summed E-state index contributed by atoms with van der Waals surface area (Å²) >= 11 is 0. The summed E-state index contributed by atoms with van der Waals surface area (Å²) in [4.78, 5) is 14.5. The summed E-state index contributed by atoms with van der Waals surface area (Å²) in [5.74, 6) is 0.659.